The Morgan fingerprint density at radius 1 is 1.41 bits per heavy atom. The highest BCUT2D eigenvalue weighted by molar-refractivity contribution is 5.90. The van der Waals surface area contributed by atoms with E-state index in [1.807, 2.05) is 36.1 Å². The summed E-state index contributed by atoms with van der Waals surface area (Å²) in [7, 11) is 0. The first-order valence-electron chi connectivity index (χ1n) is 7.35. The third-order valence-corrected chi connectivity index (χ3v) is 4.41. The van der Waals surface area contributed by atoms with Gasteiger partial charge in [-0.2, -0.15) is 0 Å². The molecule has 5 heteroatoms. The minimum absolute atomic E-state index is 0.218. The zero-order valence-electron chi connectivity index (χ0n) is 12.4. The molecule has 1 saturated heterocycles. The van der Waals surface area contributed by atoms with Gasteiger partial charge in [0.15, 0.2) is 5.75 Å². The number of halogens is 1. The molecular weight excluding hydrogens is 285 g/mol. The van der Waals surface area contributed by atoms with E-state index in [1.54, 1.807) is 6.07 Å². The average molecular weight is 303 g/mol. The normalized spacial score (nSPS) is 18.7. The van der Waals surface area contributed by atoms with Crippen LogP contribution in [0, 0.1) is 12.8 Å². The summed E-state index contributed by atoms with van der Waals surface area (Å²) in [5, 5.41) is 11.1. The summed E-state index contributed by atoms with van der Waals surface area (Å²) in [6, 6.07) is 9.51. The molecule has 116 valence electrons. The summed E-state index contributed by atoms with van der Waals surface area (Å²) in [5.74, 6) is -0.889. The van der Waals surface area contributed by atoms with Crippen LogP contribution in [0.2, 0.25) is 0 Å². The molecule has 2 aromatic carbocycles. The van der Waals surface area contributed by atoms with E-state index in [4.69, 9.17) is 5.11 Å². The molecule has 1 unspecified atom stereocenters. The van der Waals surface area contributed by atoms with Gasteiger partial charge in [0.1, 0.15) is 0 Å². The van der Waals surface area contributed by atoms with E-state index in [2.05, 4.69) is 4.94 Å². The number of aryl methyl sites for hydroxylation is 1. The lowest BCUT2D eigenvalue weighted by Crippen LogP contribution is -2.23. The summed E-state index contributed by atoms with van der Waals surface area (Å²) in [6.07, 6.45) is 0.630. The molecule has 1 atom stereocenters. The fourth-order valence-corrected chi connectivity index (χ4v) is 3.22. The molecule has 22 heavy (non-hydrogen) atoms. The molecule has 1 N–H and O–H groups in total. The average Bonchev–Trinajstić information content (AvgIpc) is 2.99. The first kappa shape index (κ1) is 14.8. The van der Waals surface area contributed by atoms with Crippen LogP contribution in [0.3, 0.4) is 0 Å². The second-order valence-corrected chi connectivity index (χ2v) is 5.85. The predicted molar refractivity (Wildman–Crippen MR) is 81.4 cm³/mol. The molecule has 0 saturated carbocycles. The molecular formula is C17H18FNO3. The van der Waals surface area contributed by atoms with Gasteiger partial charge in [-0.1, -0.05) is 24.3 Å². The number of benzene rings is 2. The molecule has 1 aliphatic rings. The van der Waals surface area contributed by atoms with E-state index >= 15 is 0 Å². The number of likely N-dealkylation sites (tertiary alicyclic amines) is 1. The second-order valence-electron chi connectivity index (χ2n) is 5.85. The van der Waals surface area contributed by atoms with Crippen molar-refractivity contribution in [2.75, 3.05) is 13.1 Å². The van der Waals surface area contributed by atoms with Gasteiger partial charge >= 0.3 is 5.97 Å². The standard InChI is InChI=1S/C17H18FNO3/c1-11-8-16(22-18)15(14-5-3-2-4-13(11)14)10-19-7-6-12(9-19)17(20)21/h2-5,8,12H,6-7,9-10H2,1H3,(H,20,21). The van der Waals surface area contributed by atoms with Crippen LogP contribution in [-0.4, -0.2) is 29.1 Å². The lowest BCUT2D eigenvalue weighted by atomic mass is 9.99. The molecule has 0 aliphatic carbocycles. The molecule has 2 aromatic rings. The summed E-state index contributed by atoms with van der Waals surface area (Å²) in [6.45, 7) is 3.60. The van der Waals surface area contributed by atoms with Crippen LogP contribution in [0.25, 0.3) is 10.8 Å². The lowest BCUT2D eigenvalue weighted by molar-refractivity contribution is -0.141. The number of rotatable bonds is 4. The largest absolute Gasteiger partial charge is 0.481 e. The predicted octanol–water partition coefficient (Wildman–Crippen LogP) is 3.32. The maximum absolute atomic E-state index is 13.0. The molecule has 3 rings (SSSR count). The van der Waals surface area contributed by atoms with Gasteiger partial charge < -0.3 is 5.11 Å². The SMILES string of the molecule is Cc1cc(OF)c(CN2CCC(C(=O)O)C2)c2ccccc12. The summed E-state index contributed by atoms with van der Waals surface area (Å²) in [5.41, 5.74) is 1.73. The number of hydrogen-bond donors (Lipinski definition) is 1. The zero-order valence-corrected chi connectivity index (χ0v) is 12.4. The van der Waals surface area contributed by atoms with Gasteiger partial charge in [-0.15, -0.1) is 0 Å². The van der Waals surface area contributed by atoms with Crippen molar-refractivity contribution in [1.82, 2.24) is 4.90 Å². The lowest BCUT2D eigenvalue weighted by Gasteiger charge is -2.19. The smallest absolute Gasteiger partial charge is 0.307 e. The van der Waals surface area contributed by atoms with Gasteiger partial charge in [0, 0.05) is 23.2 Å². The van der Waals surface area contributed by atoms with E-state index < -0.39 is 5.97 Å². The Labute approximate surface area is 128 Å². The zero-order chi connectivity index (χ0) is 15.7. The van der Waals surface area contributed by atoms with Crippen LogP contribution in [0.1, 0.15) is 17.5 Å². The minimum Gasteiger partial charge on any atom is -0.481 e. The maximum Gasteiger partial charge on any atom is 0.307 e. The van der Waals surface area contributed by atoms with Gasteiger partial charge in [0.05, 0.1) is 5.92 Å². The van der Waals surface area contributed by atoms with Crippen molar-refractivity contribution in [1.29, 1.82) is 0 Å². The minimum atomic E-state index is -0.766. The fraction of sp³-hybridized carbons (Fsp3) is 0.353. The van der Waals surface area contributed by atoms with Crippen molar-refractivity contribution in [2.24, 2.45) is 5.92 Å². The third-order valence-electron chi connectivity index (χ3n) is 4.41. The van der Waals surface area contributed by atoms with Gasteiger partial charge in [-0.3, -0.25) is 14.6 Å². The summed E-state index contributed by atoms with van der Waals surface area (Å²) < 4.78 is 13.0. The van der Waals surface area contributed by atoms with Crippen molar-refractivity contribution in [3.8, 4) is 5.75 Å². The number of fused-ring (bicyclic) bond motifs is 1. The van der Waals surface area contributed by atoms with Crippen LogP contribution in [0.15, 0.2) is 30.3 Å². The molecule has 0 spiro atoms. The van der Waals surface area contributed by atoms with E-state index in [0.29, 0.717) is 26.1 Å². The van der Waals surface area contributed by atoms with Crippen LogP contribution in [0.4, 0.5) is 4.53 Å². The third kappa shape index (κ3) is 2.64. The van der Waals surface area contributed by atoms with Gasteiger partial charge in [0.2, 0.25) is 0 Å². The molecule has 0 bridgehead atoms. The number of carboxylic acid groups (broad SMARTS) is 1. The van der Waals surface area contributed by atoms with Crippen molar-refractivity contribution in [3.63, 3.8) is 0 Å². The van der Waals surface area contributed by atoms with Crippen LogP contribution >= 0.6 is 0 Å². The van der Waals surface area contributed by atoms with Crippen molar-refractivity contribution in [2.45, 2.75) is 19.9 Å². The number of nitrogens with zero attached hydrogens (tertiary/aromatic N) is 1. The number of carbonyl (C=O) groups is 1. The molecule has 0 amide bonds. The van der Waals surface area contributed by atoms with Crippen LogP contribution in [-0.2, 0) is 11.3 Å². The molecule has 0 aromatic heterocycles. The van der Waals surface area contributed by atoms with Crippen LogP contribution in [0.5, 0.6) is 5.75 Å². The molecule has 1 heterocycles. The quantitative estimate of drug-likeness (QED) is 0.941. The van der Waals surface area contributed by atoms with Crippen molar-refractivity contribution < 1.29 is 19.4 Å². The first-order valence-corrected chi connectivity index (χ1v) is 7.35. The van der Waals surface area contributed by atoms with Crippen molar-refractivity contribution >= 4 is 16.7 Å². The number of carboxylic acids is 1. The topological polar surface area (TPSA) is 49.8 Å². The van der Waals surface area contributed by atoms with Crippen molar-refractivity contribution in [3.05, 3.63) is 41.5 Å². The van der Waals surface area contributed by atoms with E-state index in [1.165, 1.54) is 0 Å². The number of aliphatic carboxylic acids is 1. The molecule has 1 aliphatic heterocycles. The van der Waals surface area contributed by atoms with Gasteiger partial charge in [-0.05, 0) is 42.3 Å². The Kier molecular flexibility index (Phi) is 3.98. The molecule has 4 nitrogen and oxygen atoms in total. The highest BCUT2D eigenvalue weighted by Gasteiger charge is 2.29. The summed E-state index contributed by atoms with van der Waals surface area (Å²) >= 11 is 0. The van der Waals surface area contributed by atoms with Crippen LogP contribution < -0.4 is 4.94 Å². The Morgan fingerprint density at radius 2 is 2.14 bits per heavy atom. The molecule has 0 radical (unpaired) electrons. The van der Waals surface area contributed by atoms with E-state index in [-0.39, 0.29) is 11.7 Å². The van der Waals surface area contributed by atoms with E-state index in [0.717, 1.165) is 21.9 Å². The van der Waals surface area contributed by atoms with Gasteiger partial charge in [-0.25, -0.2) is 0 Å². The summed E-state index contributed by atoms with van der Waals surface area (Å²) in [4.78, 5) is 17.2. The Hall–Kier alpha value is -2.14. The van der Waals surface area contributed by atoms with Gasteiger partial charge in [0.25, 0.3) is 0 Å². The highest BCUT2D eigenvalue weighted by atomic mass is 19.3. The Balaban J connectivity index is 1.96. The Bertz CT molecular complexity index is 716. The van der Waals surface area contributed by atoms with E-state index in [9.17, 15) is 9.32 Å². The second kappa shape index (κ2) is 5.93. The molecule has 1 fully saturated rings. The Morgan fingerprint density at radius 3 is 2.77 bits per heavy atom. The highest BCUT2D eigenvalue weighted by Crippen LogP contribution is 2.33. The number of hydrogen-bond acceptors (Lipinski definition) is 3. The monoisotopic (exact) mass is 303 g/mol. The maximum atomic E-state index is 13.0. The fourth-order valence-electron chi connectivity index (χ4n) is 3.22. The first-order chi connectivity index (χ1) is 10.6.